The number of aromatic hydroxyl groups is 1. The smallest absolute Gasteiger partial charge is 0.122 e. The summed E-state index contributed by atoms with van der Waals surface area (Å²) in [6.45, 7) is 0.586. The van der Waals surface area contributed by atoms with Crippen molar-refractivity contribution in [3.8, 4) is 11.5 Å². The number of hydrogen-bond acceptors (Lipinski definition) is 3. The van der Waals surface area contributed by atoms with Gasteiger partial charge >= 0.3 is 0 Å². The molecule has 0 atom stereocenters. The Labute approximate surface area is 86.4 Å². The number of hydrogen-bond donors (Lipinski definition) is 1. The number of rotatable bonds is 3. The van der Waals surface area contributed by atoms with E-state index in [0.717, 1.165) is 5.75 Å². The first-order valence-corrected chi connectivity index (χ1v) is 5.17. The minimum absolute atomic E-state index is 0.258. The van der Waals surface area contributed by atoms with Gasteiger partial charge in [0.15, 0.2) is 0 Å². The van der Waals surface area contributed by atoms with Gasteiger partial charge in [-0.3, -0.25) is 0 Å². The molecule has 0 aliphatic rings. The summed E-state index contributed by atoms with van der Waals surface area (Å²) in [6.07, 6.45) is 0. The van der Waals surface area contributed by atoms with E-state index in [0.29, 0.717) is 6.61 Å². The van der Waals surface area contributed by atoms with Crippen molar-refractivity contribution in [2.45, 2.75) is 6.61 Å². The summed E-state index contributed by atoms with van der Waals surface area (Å²) in [5.41, 5.74) is 0. The molecule has 0 spiro atoms. The van der Waals surface area contributed by atoms with Crippen LogP contribution in [0, 0.1) is 0 Å². The molecular formula is C11H10O2S. The second kappa shape index (κ2) is 4.15. The topological polar surface area (TPSA) is 29.5 Å². The van der Waals surface area contributed by atoms with Crippen molar-refractivity contribution >= 4 is 11.3 Å². The van der Waals surface area contributed by atoms with Crippen LogP contribution in [0.1, 0.15) is 4.88 Å². The summed E-state index contributed by atoms with van der Waals surface area (Å²) in [4.78, 5) is 1.19. The minimum atomic E-state index is 0.258. The third kappa shape index (κ3) is 2.26. The maximum Gasteiger partial charge on any atom is 0.122 e. The largest absolute Gasteiger partial charge is 0.508 e. The molecule has 0 aliphatic heterocycles. The fraction of sp³-hybridized carbons (Fsp3) is 0.0909. The molecule has 0 bridgehead atoms. The summed E-state index contributed by atoms with van der Waals surface area (Å²) in [5.74, 6) is 1.03. The number of thiophene rings is 1. The highest BCUT2D eigenvalue weighted by atomic mass is 32.1. The van der Waals surface area contributed by atoms with Gasteiger partial charge in [0.05, 0.1) is 0 Å². The van der Waals surface area contributed by atoms with Gasteiger partial charge in [0, 0.05) is 4.88 Å². The molecule has 14 heavy (non-hydrogen) atoms. The molecule has 1 N–H and O–H groups in total. The summed E-state index contributed by atoms with van der Waals surface area (Å²) >= 11 is 1.67. The van der Waals surface area contributed by atoms with Crippen LogP contribution in [0.3, 0.4) is 0 Å². The molecule has 72 valence electrons. The van der Waals surface area contributed by atoms with Crippen LogP contribution in [0.4, 0.5) is 0 Å². The van der Waals surface area contributed by atoms with E-state index in [1.807, 2.05) is 17.5 Å². The molecule has 3 heteroatoms. The molecule has 0 aliphatic carbocycles. The molecule has 1 aromatic heterocycles. The highest BCUT2D eigenvalue weighted by Crippen LogP contribution is 2.18. The second-order valence-electron chi connectivity index (χ2n) is 2.86. The van der Waals surface area contributed by atoms with Crippen LogP contribution in [-0.2, 0) is 6.61 Å². The van der Waals surface area contributed by atoms with Crippen molar-refractivity contribution < 1.29 is 9.84 Å². The van der Waals surface area contributed by atoms with Crippen molar-refractivity contribution in [1.29, 1.82) is 0 Å². The van der Waals surface area contributed by atoms with Crippen LogP contribution in [0.25, 0.3) is 0 Å². The standard InChI is InChI=1S/C11H10O2S/c12-9-3-5-10(6-4-9)13-8-11-2-1-7-14-11/h1-7,12H,8H2. The molecule has 2 rings (SSSR count). The molecule has 1 heterocycles. The van der Waals surface area contributed by atoms with E-state index < -0.39 is 0 Å². The van der Waals surface area contributed by atoms with Gasteiger partial charge in [-0.2, -0.15) is 0 Å². The van der Waals surface area contributed by atoms with Crippen LogP contribution < -0.4 is 4.74 Å². The molecular weight excluding hydrogens is 196 g/mol. The van der Waals surface area contributed by atoms with Crippen LogP contribution >= 0.6 is 11.3 Å². The fourth-order valence-electron chi connectivity index (χ4n) is 1.09. The Morgan fingerprint density at radius 2 is 1.93 bits per heavy atom. The average molecular weight is 206 g/mol. The van der Waals surface area contributed by atoms with Gasteiger partial charge in [0.1, 0.15) is 18.1 Å². The normalized spacial score (nSPS) is 10.0. The minimum Gasteiger partial charge on any atom is -0.508 e. The van der Waals surface area contributed by atoms with E-state index in [-0.39, 0.29) is 5.75 Å². The monoisotopic (exact) mass is 206 g/mol. The lowest BCUT2D eigenvalue weighted by molar-refractivity contribution is 0.309. The molecule has 2 aromatic rings. The Bertz CT molecular complexity index is 378. The zero-order chi connectivity index (χ0) is 9.80. The number of phenolic OH excluding ortho intramolecular Hbond substituents is 1. The molecule has 0 amide bonds. The first kappa shape index (κ1) is 9.09. The van der Waals surface area contributed by atoms with Gasteiger partial charge in [-0.05, 0) is 35.7 Å². The summed E-state index contributed by atoms with van der Waals surface area (Å²) in [7, 11) is 0. The van der Waals surface area contributed by atoms with Crippen molar-refractivity contribution in [2.75, 3.05) is 0 Å². The molecule has 0 saturated heterocycles. The van der Waals surface area contributed by atoms with Gasteiger partial charge in [-0.1, -0.05) is 6.07 Å². The van der Waals surface area contributed by atoms with Crippen LogP contribution in [0.15, 0.2) is 41.8 Å². The second-order valence-corrected chi connectivity index (χ2v) is 3.89. The Hall–Kier alpha value is -1.48. The van der Waals surface area contributed by atoms with E-state index in [4.69, 9.17) is 9.84 Å². The molecule has 0 fully saturated rings. The average Bonchev–Trinajstić information content (AvgIpc) is 2.70. The summed E-state index contributed by atoms with van der Waals surface area (Å²) in [5, 5.41) is 11.1. The SMILES string of the molecule is Oc1ccc(OCc2cccs2)cc1. The summed E-state index contributed by atoms with van der Waals surface area (Å²) in [6, 6.07) is 10.8. The first-order valence-electron chi connectivity index (χ1n) is 4.29. The fourth-order valence-corrected chi connectivity index (χ4v) is 1.71. The van der Waals surface area contributed by atoms with E-state index in [1.165, 1.54) is 4.88 Å². The van der Waals surface area contributed by atoms with Crippen molar-refractivity contribution in [3.63, 3.8) is 0 Å². The zero-order valence-corrected chi connectivity index (χ0v) is 8.33. The molecule has 0 radical (unpaired) electrons. The Balaban J connectivity index is 1.95. The van der Waals surface area contributed by atoms with Crippen LogP contribution in [-0.4, -0.2) is 5.11 Å². The summed E-state index contributed by atoms with van der Waals surface area (Å²) < 4.78 is 5.50. The highest BCUT2D eigenvalue weighted by Gasteiger charge is 1.96. The molecule has 0 saturated carbocycles. The van der Waals surface area contributed by atoms with Crippen LogP contribution in [0.2, 0.25) is 0 Å². The molecule has 2 nitrogen and oxygen atoms in total. The molecule has 0 unspecified atom stereocenters. The quantitative estimate of drug-likeness (QED) is 0.836. The number of phenols is 1. The van der Waals surface area contributed by atoms with E-state index in [2.05, 4.69) is 0 Å². The molecule has 1 aromatic carbocycles. The van der Waals surface area contributed by atoms with E-state index in [9.17, 15) is 0 Å². The van der Waals surface area contributed by atoms with Crippen LogP contribution in [0.5, 0.6) is 11.5 Å². The lowest BCUT2D eigenvalue weighted by atomic mass is 10.3. The zero-order valence-electron chi connectivity index (χ0n) is 7.51. The number of benzene rings is 1. The maximum absolute atomic E-state index is 9.06. The predicted molar refractivity (Wildman–Crippen MR) is 56.8 cm³/mol. The van der Waals surface area contributed by atoms with Gasteiger partial charge in [0.25, 0.3) is 0 Å². The van der Waals surface area contributed by atoms with Crippen molar-refractivity contribution in [3.05, 3.63) is 46.7 Å². The van der Waals surface area contributed by atoms with Gasteiger partial charge in [0.2, 0.25) is 0 Å². The predicted octanol–water partition coefficient (Wildman–Crippen LogP) is 3.03. The third-order valence-electron chi connectivity index (χ3n) is 1.80. The Morgan fingerprint density at radius 1 is 1.14 bits per heavy atom. The first-order chi connectivity index (χ1) is 6.84. The lowest BCUT2D eigenvalue weighted by Crippen LogP contribution is -1.91. The van der Waals surface area contributed by atoms with Gasteiger partial charge < -0.3 is 9.84 Å². The van der Waals surface area contributed by atoms with E-state index in [1.54, 1.807) is 35.6 Å². The van der Waals surface area contributed by atoms with Crippen molar-refractivity contribution in [2.24, 2.45) is 0 Å². The van der Waals surface area contributed by atoms with Gasteiger partial charge in [-0.15, -0.1) is 11.3 Å². The van der Waals surface area contributed by atoms with E-state index >= 15 is 0 Å². The lowest BCUT2D eigenvalue weighted by Gasteiger charge is -2.03. The number of ether oxygens (including phenoxy) is 1. The Kier molecular flexibility index (Phi) is 2.70. The van der Waals surface area contributed by atoms with Crippen molar-refractivity contribution in [1.82, 2.24) is 0 Å². The van der Waals surface area contributed by atoms with Gasteiger partial charge in [-0.25, -0.2) is 0 Å². The third-order valence-corrected chi connectivity index (χ3v) is 2.65. The highest BCUT2D eigenvalue weighted by molar-refractivity contribution is 7.09. The maximum atomic E-state index is 9.06. The Morgan fingerprint density at radius 3 is 2.57 bits per heavy atom.